The van der Waals surface area contributed by atoms with Gasteiger partial charge in [-0.1, -0.05) is 47.2 Å². The molecule has 1 heterocycles. The molecule has 2 N–H and O–H groups in total. The largest absolute Gasteiger partial charge is 0.870 e. The Morgan fingerprint density at radius 3 is 2.67 bits per heavy atom. The highest BCUT2D eigenvalue weighted by Gasteiger charge is 2.24. The minimum Gasteiger partial charge on any atom is -0.870 e. The van der Waals surface area contributed by atoms with Gasteiger partial charge in [-0.2, -0.15) is 9.67 Å². The highest BCUT2D eigenvalue weighted by Crippen LogP contribution is 2.26. The first-order valence-electron chi connectivity index (χ1n) is 11.2. The second-order valence-electron chi connectivity index (χ2n) is 7.72. The van der Waals surface area contributed by atoms with Crippen LogP contribution in [0.3, 0.4) is 0 Å². The minimum absolute atomic E-state index is 0.0618. The lowest BCUT2D eigenvalue weighted by Crippen LogP contribution is -2.34. The molecule has 0 unspecified atom stereocenters. The smallest absolute Gasteiger partial charge is 0.342 e. The van der Waals surface area contributed by atoms with Crippen LogP contribution in [-0.4, -0.2) is 34.7 Å². The van der Waals surface area contributed by atoms with Gasteiger partial charge < -0.3 is 9.84 Å². The minimum atomic E-state index is -0.341. The van der Waals surface area contributed by atoms with Gasteiger partial charge in [-0.3, -0.25) is 4.79 Å². The number of para-hydroxylation sites is 1. The van der Waals surface area contributed by atoms with E-state index < -0.39 is 0 Å². The van der Waals surface area contributed by atoms with Crippen LogP contribution >= 0.6 is 23.4 Å². The Balaban J connectivity index is 1.49. The van der Waals surface area contributed by atoms with Crippen molar-refractivity contribution in [3.05, 3.63) is 82.9 Å². The van der Waals surface area contributed by atoms with Crippen LogP contribution in [-0.2, 0) is 4.79 Å². The van der Waals surface area contributed by atoms with Crippen LogP contribution in [0.1, 0.15) is 18.1 Å². The van der Waals surface area contributed by atoms with Crippen LogP contribution in [0.4, 0.5) is 0 Å². The zero-order valence-electron chi connectivity index (χ0n) is 19.7. The number of nitrogens with one attached hydrogen (secondary N) is 2. The van der Waals surface area contributed by atoms with Crippen molar-refractivity contribution in [3.8, 4) is 28.6 Å². The fourth-order valence-corrected chi connectivity index (χ4v) is 4.25. The van der Waals surface area contributed by atoms with Crippen molar-refractivity contribution in [1.82, 2.24) is 15.6 Å². The molecule has 0 atom stereocenters. The number of carbonyl (C=O) groups is 1. The highest BCUT2D eigenvalue weighted by atomic mass is 35.5. The molecule has 184 valence electrons. The topological polar surface area (TPSA) is 106 Å². The van der Waals surface area contributed by atoms with Crippen LogP contribution < -0.4 is 19.8 Å². The van der Waals surface area contributed by atoms with Crippen molar-refractivity contribution >= 4 is 35.5 Å². The summed E-state index contributed by atoms with van der Waals surface area (Å²) < 4.78 is 7.24. The number of amides is 1. The summed E-state index contributed by atoms with van der Waals surface area (Å²) in [6.07, 6.45) is 1.31. The van der Waals surface area contributed by atoms with E-state index in [4.69, 9.17) is 16.3 Å². The Bertz CT molecular complexity index is 1370. The molecule has 0 radical (unpaired) electrons. The normalized spacial score (nSPS) is 11.1. The molecule has 1 aromatic heterocycles. The monoisotopic (exact) mass is 521 g/mol. The number of halogens is 1. The second-order valence-corrected chi connectivity index (χ2v) is 9.10. The van der Waals surface area contributed by atoms with Gasteiger partial charge in [-0.25, -0.2) is 5.43 Å². The fourth-order valence-electron chi connectivity index (χ4n) is 3.37. The summed E-state index contributed by atoms with van der Waals surface area (Å²) in [5.74, 6) is 0.461. The summed E-state index contributed by atoms with van der Waals surface area (Å²) in [6, 6.07) is 20.4. The quantitative estimate of drug-likeness (QED) is 0.150. The zero-order valence-corrected chi connectivity index (χ0v) is 21.3. The molecule has 10 heteroatoms. The molecule has 3 aromatic carbocycles. The maximum atomic E-state index is 12.5. The van der Waals surface area contributed by atoms with Gasteiger partial charge in [0.25, 0.3) is 11.7 Å². The number of aromatic nitrogens is 3. The lowest BCUT2D eigenvalue weighted by Gasteiger charge is -2.15. The summed E-state index contributed by atoms with van der Waals surface area (Å²) >= 11 is 7.34. The van der Waals surface area contributed by atoms with E-state index >= 15 is 0 Å². The average molecular weight is 522 g/mol. The van der Waals surface area contributed by atoms with E-state index in [2.05, 4.69) is 20.7 Å². The zero-order chi connectivity index (χ0) is 25.5. The molecule has 0 bridgehead atoms. The molecule has 0 fully saturated rings. The van der Waals surface area contributed by atoms with Crippen molar-refractivity contribution in [2.24, 2.45) is 5.10 Å². The third-order valence-corrected chi connectivity index (χ3v) is 6.31. The number of aryl methyl sites for hydroxylation is 1. The molecule has 0 aliphatic rings. The molecule has 0 spiro atoms. The second kappa shape index (κ2) is 11.7. The van der Waals surface area contributed by atoms with E-state index in [0.717, 1.165) is 22.6 Å². The van der Waals surface area contributed by atoms with E-state index in [1.165, 1.54) is 18.0 Å². The van der Waals surface area contributed by atoms with Gasteiger partial charge in [0.1, 0.15) is 11.4 Å². The van der Waals surface area contributed by atoms with Gasteiger partial charge in [0, 0.05) is 5.02 Å². The summed E-state index contributed by atoms with van der Waals surface area (Å²) in [5, 5.41) is 25.0. The highest BCUT2D eigenvalue weighted by molar-refractivity contribution is 7.99. The molecule has 8 nitrogen and oxygen atoms in total. The standard InChI is InChI=1S/C26H24ClN5O3S/c1-3-35-22-6-4-5-19(24(22)34)15-28-29-23(33)16-36-26-31-30-25(18-9-7-17(2)8-10-18)32(26)21-13-11-20(27)12-14-21/h4-15H,3,16H2,1-2H3,(H2,28,29,33,34). The maximum Gasteiger partial charge on any atom is 0.342 e. The lowest BCUT2D eigenvalue weighted by molar-refractivity contribution is -0.625. The fraction of sp³-hybridized carbons (Fsp3) is 0.154. The van der Waals surface area contributed by atoms with Crippen molar-refractivity contribution in [1.29, 1.82) is 0 Å². The Hall–Kier alpha value is -3.82. The Morgan fingerprint density at radius 1 is 1.19 bits per heavy atom. The van der Waals surface area contributed by atoms with E-state index in [1.54, 1.807) is 37.3 Å². The van der Waals surface area contributed by atoms with Crippen molar-refractivity contribution in [3.63, 3.8) is 0 Å². The first-order chi connectivity index (χ1) is 17.5. The SMILES string of the molecule is CCOc1cccc(C=NNC(=O)CSc2n[nH]c(-c3ccc(C)cc3)[n+]2-c2ccc(Cl)cc2)c1[O-]. The average Bonchev–Trinajstić information content (AvgIpc) is 3.30. The van der Waals surface area contributed by atoms with Gasteiger partial charge >= 0.3 is 5.16 Å². The molecule has 1 amide bonds. The molecule has 4 aromatic rings. The maximum absolute atomic E-state index is 12.5. The molecule has 0 saturated carbocycles. The number of benzene rings is 3. The number of carbonyl (C=O) groups excluding carboxylic acids is 1. The Kier molecular flexibility index (Phi) is 8.24. The molecular formula is C26H24ClN5O3S. The third kappa shape index (κ3) is 6.05. The number of nitrogens with zero attached hydrogens (tertiary/aromatic N) is 3. The van der Waals surface area contributed by atoms with E-state index in [0.29, 0.717) is 22.3 Å². The van der Waals surface area contributed by atoms with Gasteiger partial charge in [-0.15, -0.1) is 5.10 Å². The number of aromatic amines is 1. The number of hydrogen-bond acceptors (Lipinski definition) is 6. The third-order valence-electron chi connectivity index (χ3n) is 5.12. The van der Waals surface area contributed by atoms with Crippen LogP contribution in [0.5, 0.6) is 11.5 Å². The summed E-state index contributed by atoms with van der Waals surface area (Å²) in [6.45, 7) is 4.22. The number of ether oxygens (including phenoxy) is 1. The van der Waals surface area contributed by atoms with Crippen molar-refractivity contribution in [2.75, 3.05) is 12.4 Å². The molecular weight excluding hydrogens is 498 g/mol. The van der Waals surface area contributed by atoms with Crippen LogP contribution in [0, 0.1) is 6.92 Å². The Labute approximate surface area is 218 Å². The molecule has 0 saturated heterocycles. The van der Waals surface area contributed by atoms with Crippen LogP contribution in [0.2, 0.25) is 5.02 Å². The predicted molar refractivity (Wildman–Crippen MR) is 139 cm³/mol. The van der Waals surface area contributed by atoms with E-state index in [1.807, 2.05) is 47.9 Å². The molecule has 0 aliphatic carbocycles. The van der Waals surface area contributed by atoms with Gasteiger partial charge in [0.15, 0.2) is 0 Å². The predicted octanol–water partition coefficient (Wildman–Crippen LogP) is 4.03. The Morgan fingerprint density at radius 2 is 1.94 bits per heavy atom. The molecule has 4 rings (SSSR count). The van der Waals surface area contributed by atoms with Gasteiger partial charge in [0.2, 0.25) is 0 Å². The van der Waals surface area contributed by atoms with E-state index in [9.17, 15) is 9.90 Å². The molecule has 0 aliphatic heterocycles. The van der Waals surface area contributed by atoms with Crippen LogP contribution in [0.25, 0.3) is 17.1 Å². The van der Waals surface area contributed by atoms with Gasteiger partial charge in [0.05, 0.1) is 29.2 Å². The lowest BCUT2D eigenvalue weighted by atomic mass is 10.1. The summed E-state index contributed by atoms with van der Waals surface area (Å²) in [7, 11) is 0. The number of H-pyrrole nitrogens is 1. The first-order valence-corrected chi connectivity index (χ1v) is 12.5. The summed E-state index contributed by atoms with van der Waals surface area (Å²) in [5.41, 5.74) is 5.73. The number of hydrazone groups is 1. The number of thioether (sulfide) groups is 1. The van der Waals surface area contributed by atoms with Gasteiger partial charge in [-0.05, 0) is 73.6 Å². The summed E-state index contributed by atoms with van der Waals surface area (Å²) in [4.78, 5) is 12.5. The van der Waals surface area contributed by atoms with Crippen molar-refractivity contribution in [2.45, 2.75) is 19.0 Å². The van der Waals surface area contributed by atoms with E-state index in [-0.39, 0.29) is 23.2 Å². The first kappa shape index (κ1) is 25.3. The van der Waals surface area contributed by atoms with Crippen molar-refractivity contribution < 1.29 is 19.2 Å². The number of rotatable bonds is 9. The molecule has 36 heavy (non-hydrogen) atoms. The number of hydrogen-bond donors (Lipinski definition) is 2. The van der Waals surface area contributed by atoms with Crippen LogP contribution in [0.15, 0.2) is 77.0 Å².